The first-order valence-corrected chi connectivity index (χ1v) is 11.3. The lowest BCUT2D eigenvalue weighted by Gasteiger charge is -2.22. The van der Waals surface area contributed by atoms with Gasteiger partial charge in [0.15, 0.2) is 11.6 Å². The van der Waals surface area contributed by atoms with Crippen molar-refractivity contribution >= 4 is 28.4 Å². The number of carboxylic acid groups (broad SMARTS) is 1. The van der Waals surface area contributed by atoms with E-state index in [9.17, 15) is 23.5 Å². The third-order valence-electron chi connectivity index (χ3n) is 6.56. The summed E-state index contributed by atoms with van der Waals surface area (Å²) in [4.78, 5) is 35.6. The highest BCUT2D eigenvalue weighted by atomic mass is 19.2. The molecule has 10 heteroatoms. The van der Waals surface area contributed by atoms with E-state index in [2.05, 4.69) is 15.3 Å². The summed E-state index contributed by atoms with van der Waals surface area (Å²) in [5.41, 5.74) is 3.90. The number of benzene rings is 1. The smallest absolute Gasteiger partial charge is 0.341 e. The molecule has 0 atom stereocenters. The summed E-state index contributed by atoms with van der Waals surface area (Å²) in [5.74, 6) is -3.21. The van der Waals surface area contributed by atoms with E-state index < -0.39 is 23.0 Å². The van der Waals surface area contributed by atoms with E-state index in [0.717, 1.165) is 0 Å². The number of anilines is 2. The molecule has 0 bridgehead atoms. The number of aryl methyl sites for hydroxylation is 1. The summed E-state index contributed by atoms with van der Waals surface area (Å²) in [5, 5.41) is 12.5. The summed E-state index contributed by atoms with van der Waals surface area (Å²) in [6.45, 7) is 2.26. The van der Waals surface area contributed by atoms with Crippen molar-refractivity contribution in [2.45, 2.75) is 19.9 Å². The van der Waals surface area contributed by atoms with Crippen LogP contribution in [0, 0.1) is 11.6 Å². The number of nitrogens with one attached hydrogen (secondary N) is 1. The number of nitrogens with zero attached hydrogens (tertiary/aromatic N) is 4. The van der Waals surface area contributed by atoms with Gasteiger partial charge in [0.05, 0.1) is 22.5 Å². The lowest BCUT2D eigenvalue weighted by Crippen LogP contribution is -2.19. The number of pyridine rings is 3. The fraction of sp³-hybridized carbons (Fsp3) is 0.231. The first kappa shape index (κ1) is 23.4. The fourth-order valence-electron chi connectivity index (χ4n) is 4.95. The van der Waals surface area contributed by atoms with Gasteiger partial charge in [0.2, 0.25) is 5.43 Å². The predicted molar refractivity (Wildman–Crippen MR) is 134 cm³/mol. The first-order chi connectivity index (χ1) is 17.2. The highest BCUT2D eigenvalue weighted by molar-refractivity contribution is 5.98. The maximum atomic E-state index is 14.5. The third kappa shape index (κ3) is 3.32. The molecule has 0 unspecified atom stereocenters. The Bertz CT molecular complexity index is 1650. The molecule has 184 valence electrons. The maximum absolute atomic E-state index is 14.5. The summed E-state index contributed by atoms with van der Waals surface area (Å²) in [7, 11) is 5.20. The van der Waals surface area contributed by atoms with Crippen molar-refractivity contribution in [3.05, 3.63) is 69.4 Å². The molecule has 1 aromatic carbocycles. The standard InChI is InChI=1S/C26H23F2N5O3/c1-5-33-11-17(26(35)36)24(34)15-6-12(9-31-25(15)33)16-10-30-19-8-14-13(20(19)23(16)32(3)4)7-18(27)21(28)22(14)29-2/h6-7,9-11,29H,5,8H2,1-4H3,(H,35,36). The predicted octanol–water partition coefficient (Wildman–Crippen LogP) is 4.13. The Morgan fingerprint density at radius 2 is 1.94 bits per heavy atom. The van der Waals surface area contributed by atoms with Crippen molar-refractivity contribution in [2.75, 3.05) is 31.4 Å². The molecule has 0 aliphatic heterocycles. The minimum atomic E-state index is -1.31. The molecule has 36 heavy (non-hydrogen) atoms. The number of hydrogen-bond acceptors (Lipinski definition) is 6. The van der Waals surface area contributed by atoms with Crippen molar-refractivity contribution in [1.29, 1.82) is 0 Å². The van der Waals surface area contributed by atoms with E-state index in [-0.39, 0.29) is 16.6 Å². The SMILES string of the molecule is CCn1cc(C(=O)O)c(=O)c2cc(-c3cnc4c(c3N(C)C)-c3cc(F)c(F)c(NC)c3C4)cnc21. The van der Waals surface area contributed by atoms with E-state index in [1.165, 1.54) is 12.3 Å². The van der Waals surface area contributed by atoms with Gasteiger partial charge >= 0.3 is 5.97 Å². The fourth-order valence-corrected chi connectivity index (χ4v) is 4.95. The van der Waals surface area contributed by atoms with Crippen LogP contribution in [0.3, 0.4) is 0 Å². The molecule has 0 spiro atoms. The van der Waals surface area contributed by atoms with Gasteiger partial charge in [-0.2, -0.15) is 0 Å². The molecule has 8 nitrogen and oxygen atoms in total. The molecule has 0 radical (unpaired) electrons. The molecular formula is C26H23F2N5O3. The Kier molecular flexibility index (Phi) is 5.46. The number of fused-ring (bicyclic) bond motifs is 4. The van der Waals surface area contributed by atoms with Gasteiger partial charge in [-0.25, -0.2) is 18.6 Å². The molecule has 3 aromatic heterocycles. The lowest BCUT2D eigenvalue weighted by atomic mass is 9.97. The zero-order chi connectivity index (χ0) is 25.9. The van der Waals surface area contributed by atoms with E-state index in [4.69, 9.17) is 0 Å². The number of carboxylic acids is 1. The second-order valence-electron chi connectivity index (χ2n) is 8.80. The van der Waals surface area contributed by atoms with Gasteiger partial charge in [0, 0.05) is 69.4 Å². The normalized spacial score (nSPS) is 11.9. The van der Waals surface area contributed by atoms with Gasteiger partial charge in [-0.05, 0) is 30.2 Å². The monoisotopic (exact) mass is 491 g/mol. The average molecular weight is 491 g/mol. The van der Waals surface area contributed by atoms with Crippen LogP contribution in [-0.4, -0.2) is 46.8 Å². The number of aromatic carboxylic acids is 1. The molecule has 0 saturated heterocycles. The van der Waals surface area contributed by atoms with Crippen molar-refractivity contribution in [3.8, 4) is 22.3 Å². The Morgan fingerprint density at radius 3 is 2.58 bits per heavy atom. The number of aromatic nitrogens is 3. The van der Waals surface area contributed by atoms with Gasteiger partial charge in [-0.1, -0.05) is 0 Å². The van der Waals surface area contributed by atoms with Crippen molar-refractivity contribution in [1.82, 2.24) is 14.5 Å². The van der Waals surface area contributed by atoms with Crippen LogP contribution in [0.15, 0.2) is 35.5 Å². The highest BCUT2D eigenvalue weighted by Gasteiger charge is 2.31. The maximum Gasteiger partial charge on any atom is 0.341 e. The van der Waals surface area contributed by atoms with Gasteiger partial charge in [0.1, 0.15) is 11.2 Å². The number of carbonyl (C=O) groups is 1. The van der Waals surface area contributed by atoms with Crippen molar-refractivity contribution in [2.24, 2.45) is 0 Å². The molecule has 0 amide bonds. The van der Waals surface area contributed by atoms with Gasteiger partial charge in [-0.3, -0.25) is 9.78 Å². The average Bonchev–Trinajstić information content (AvgIpc) is 3.21. The van der Waals surface area contributed by atoms with Crippen LogP contribution in [0.1, 0.15) is 28.5 Å². The number of hydrogen-bond donors (Lipinski definition) is 2. The Morgan fingerprint density at radius 1 is 1.19 bits per heavy atom. The van der Waals surface area contributed by atoms with Gasteiger partial charge < -0.3 is 19.9 Å². The topological polar surface area (TPSA) is 100 Å². The Labute approximate surface area is 204 Å². The summed E-state index contributed by atoms with van der Waals surface area (Å²) in [6, 6.07) is 2.80. The zero-order valence-electron chi connectivity index (χ0n) is 20.1. The second kappa shape index (κ2) is 8.40. The van der Waals surface area contributed by atoms with Crippen LogP contribution in [0.25, 0.3) is 33.3 Å². The Balaban J connectivity index is 1.80. The Hall–Kier alpha value is -4.34. The lowest BCUT2D eigenvalue weighted by molar-refractivity contribution is 0.0695. The molecule has 4 aromatic rings. The number of rotatable bonds is 5. The van der Waals surface area contributed by atoms with E-state index in [1.54, 1.807) is 30.1 Å². The second-order valence-corrected chi connectivity index (χ2v) is 8.80. The zero-order valence-corrected chi connectivity index (χ0v) is 20.1. The molecular weight excluding hydrogens is 468 g/mol. The van der Waals surface area contributed by atoms with Crippen molar-refractivity contribution in [3.63, 3.8) is 0 Å². The van der Waals surface area contributed by atoms with E-state index in [0.29, 0.717) is 57.8 Å². The molecule has 1 aliphatic carbocycles. The first-order valence-electron chi connectivity index (χ1n) is 11.3. The van der Waals surface area contributed by atoms with Gasteiger partial charge in [0.25, 0.3) is 0 Å². The van der Waals surface area contributed by atoms with E-state index >= 15 is 0 Å². The largest absolute Gasteiger partial charge is 0.477 e. The molecule has 5 rings (SSSR count). The van der Waals surface area contributed by atoms with Crippen LogP contribution >= 0.6 is 0 Å². The molecule has 0 fully saturated rings. The highest BCUT2D eigenvalue weighted by Crippen LogP contribution is 2.48. The summed E-state index contributed by atoms with van der Waals surface area (Å²) >= 11 is 0. The van der Waals surface area contributed by atoms with Crippen molar-refractivity contribution < 1.29 is 18.7 Å². The van der Waals surface area contributed by atoms with Crippen LogP contribution in [0.4, 0.5) is 20.2 Å². The van der Waals surface area contributed by atoms with E-state index in [1.807, 2.05) is 25.9 Å². The van der Waals surface area contributed by atoms with Crippen LogP contribution in [-0.2, 0) is 13.0 Å². The van der Waals surface area contributed by atoms with Crippen LogP contribution in [0.5, 0.6) is 0 Å². The minimum absolute atomic E-state index is 0.0999. The molecule has 0 saturated carbocycles. The van der Waals surface area contributed by atoms with Crippen LogP contribution in [0.2, 0.25) is 0 Å². The summed E-state index contributed by atoms with van der Waals surface area (Å²) < 4.78 is 30.6. The summed E-state index contributed by atoms with van der Waals surface area (Å²) in [6.07, 6.45) is 4.88. The molecule has 2 N–H and O–H groups in total. The minimum Gasteiger partial charge on any atom is -0.477 e. The molecule has 1 aliphatic rings. The number of halogens is 2. The van der Waals surface area contributed by atoms with Crippen LogP contribution < -0.4 is 15.6 Å². The third-order valence-corrected chi connectivity index (χ3v) is 6.56. The molecule has 3 heterocycles. The van der Waals surface area contributed by atoms with Gasteiger partial charge in [-0.15, -0.1) is 0 Å². The quantitative estimate of drug-likeness (QED) is 0.381.